The lowest BCUT2D eigenvalue weighted by atomic mass is 9.96. The first kappa shape index (κ1) is 18.9. The van der Waals surface area contributed by atoms with E-state index in [1.807, 2.05) is 6.07 Å². The molecular weight excluding hydrogens is 406 g/mol. The van der Waals surface area contributed by atoms with Gasteiger partial charge in [-0.1, -0.05) is 11.6 Å². The summed E-state index contributed by atoms with van der Waals surface area (Å²) in [5.74, 6) is 1.83. The van der Waals surface area contributed by atoms with E-state index < -0.39 is 0 Å². The minimum absolute atomic E-state index is 0.211. The molecule has 0 spiro atoms. The van der Waals surface area contributed by atoms with Crippen molar-refractivity contribution in [2.45, 2.75) is 12.6 Å². The van der Waals surface area contributed by atoms with Crippen molar-refractivity contribution in [2.75, 3.05) is 24.5 Å². The molecular formula is C21H20ClN5O3. The van der Waals surface area contributed by atoms with Crippen LogP contribution in [0, 0.1) is 5.92 Å². The fraction of sp³-hybridized carbons (Fsp3) is 0.286. The van der Waals surface area contributed by atoms with Crippen molar-refractivity contribution in [1.29, 1.82) is 0 Å². The van der Waals surface area contributed by atoms with Crippen LogP contribution in [0.3, 0.4) is 0 Å². The number of fused-ring (bicyclic) bond motifs is 1. The van der Waals surface area contributed by atoms with Crippen molar-refractivity contribution in [1.82, 2.24) is 19.9 Å². The molecule has 0 radical (unpaired) electrons. The zero-order valence-corrected chi connectivity index (χ0v) is 16.8. The number of hydrogen-bond donors (Lipinski definition) is 2. The van der Waals surface area contributed by atoms with Gasteiger partial charge in [-0.15, -0.1) is 0 Å². The van der Waals surface area contributed by atoms with Crippen LogP contribution in [0.25, 0.3) is 5.69 Å². The third kappa shape index (κ3) is 3.59. The summed E-state index contributed by atoms with van der Waals surface area (Å²) < 4.78 is 6.94. The number of pyridine rings is 3. The second kappa shape index (κ2) is 7.62. The summed E-state index contributed by atoms with van der Waals surface area (Å²) in [5.41, 5.74) is 0.315. The van der Waals surface area contributed by atoms with Crippen LogP contribution in [0.2, 0.25) is 5.02 Å². The molecule has 2 unspecified atom stereocenters. The molecule has 0 aromatic carbocycles. The summed E-state index contributed by atoms with van der Waals surface area (Å²) in [6.07, 6.45) is 3.08. The number of hydrogen-bond acceptors (Lipinski definition) is 6. The van der Waals surface area contributed by atoms with Crippen LogP contribution in [0.15, 0.2) is 58.4 Å². The van der Waals surface area contributed by atoms with Crippen LogP contribution in [0.1, 0.15) is 5.69 Å². The molecule has 2 N–H and O–H groups in total. The van der Waals surface area contributed by atoms with E-state index in [0.29, 0.717) is 28.4 Å². The molecule has 2 aliphatic rings. The van der Waals surface area contributed by atoms with Crippen LogP contribution < -0.4 is 26.1 Å². The molecule has 5 heterocycles. The molecule has 5 rings (SSSR count). The predicted octanol–water partition coefficient (Wildman–Crippen LogP) is 1.56. The Morgan fingerprint density at radius 3 is 2.70 bits per heavy atom. The Kier molecular flexibility index (Phi) is 4.80. The Balaban J connectivity index is 1.32. The summed E-state index contributed by atoms with van der Waals surface area (Å²) >= 11 is 5.82. The monoisotopic (exact) mass is 425 g/mol. The summed E-state index contributed by atoms with van der Waals surface area (Å²) in [7, 11) is 0. The van der Waals surface area contributed by atoms with E-state index in [1.165, 1.54) is 23.0 Å². The van der Waals surface area contributed by atoms with E-state index in [4.69, 9.17) is 16.3 Å². The maximum absolute atomic E-state index is 12.6. The molecule has 8 nitrogen and oxygen atoms in total. The van der Waals surface area contributed by atoms with E-state index >= 15 is 0 Å². The Labute approximate surface area is 177 Å². The van der Waals surface area contributed by atoms with Gasteiger partial charge < -0.3 is 19.9 Å². The minimum atomic E-state index is -0.349. The lowest BCUT2D eigenvalue weighted by molar-refractivity contribution is 0.297. The van der Waals surface area contributed by atoms with Crippen molar-refractivity contribution in [3.8, 4) is 11.4 Å². The number of aromatic amines is 1. The van der Waals surface area contributed by atoms with Gasteiger partial charge in [0.1, 0.15) is 23.9 Å². The van der Waals surface area contributed by atoms with Crippen LogP contribution in [0.4, 0.5) is 5.82 Å². The minimum Gasteiger partial charge on any atom is -0.487 e. The molecule has 0 amide bonds. The van der Waals surface area contributed by atoms with Gasteiger partial charge in [-0.3, -0.25) is 19.1 Å². The lowest BCUT2D eigenvalue weighted by Crippen LogP contribution is -2.51. The number of anilines is 1. The van der Waals surface area contributed by atoms with E-state index in [2.05, 4.69) is 20.2 Å². The molecule has 0 aliphatic carbocycles. The van der Waals surface area contributed by atoms with Gasteiger partial charge in [0.05, 0.1) is 10.7 Å². The average molecular weight is 426 g/mol. The molecule has 154 valence electrons. The van der Waals surface area contributed by atoms with E-state index in [1.54, 1.807) is 24.3 Å². The van der Waals surface area contributed by atoms with Crippen molar-refractivity contribution < 1.29 is 4.74 Å². The number of aromatic nitrogens is 3. The zero-order valence-electron chi connectivity index (χ0n) is 16.0. The van der Waals surface area contributed by atoms with Gasteiger partial charge >= 0.3 is 0 Å². The van der Waals surface area contributed by atoms with Gasteiger partial charge in [0.15, 0.2) is 0 Å². The Morgan fingerprint density at radius 2 is 2.07 bits per heavy atom. The Morgan fingerprint density at radius 1 is 1.17 bits per heavy atom. The Bertz CT molecular complexity index is 1180. The number of nitrogens with zero attached hydrogens (tertiary/aromatic N) is 3. The molecule has 2 atom stereocenters. The SMILES string of the molecule is O=c1[nH]c(N2CC3CNC3C2)ccc1-n1ccc(OCc2ccc(Cl)cn2)cc1=O. The molecule has 0 saturated carbocycles. The average Bonchev–Trinajstić information content (AvgIpc) is 3.02. The molecule has 3 aromatic heterocycles. The largest absolute Gasteiger partial charge is 0.487 e. The van der Waals surface area contributed by atoms with Crippen molar-refractivity contribution in [3.63, 3.8) is 0 Å². The van der Waals surface area contributed by atoms with Crippen LogP contribution in [0.5, 0.6) is 5.75 Å². The molecule has 0 bridgehead atoms. The number of H-pyrrole nitrogens is 1. The fourth-order valence-electron chi connectivity index (χ4n) is 3.88. The molecule has 2 fully saturated rings. The maximum Gasteiger partial charge on any atom is 0.273 e. The van der Waals surface area contributed by atoms with E-state index in [0.717, 1.165) is 25.5 Å². The van der Waals surface area contributed by atoms with Crippen molar-refractivity contribution >= 4 is 17.4 Å². The summed E-state index contributed by atoms with van der Waals surface area (Å²) in [4.78, 5) is 34.4. The Hall–Kier alpha value is -3.10. The van der Waals surface area contributed by atoms with Crippen molar-refractivity contribution in [3.05, 3.63) is 80.2 Å². The lowest BCUT2D eigenvalue weighted by Gasteiger charge is -2.29. The third-order valence-electron chi connectivity index (χ3n) is 5.62. The fourth-order valence-corrected chi connectivity index (χ4v) is 3.99. The van der Waals surface area contributed by atoms with Crippen LogP contribution >= 0.6 is 11.6 Å². The van der Waals surface area contributed by atoms with Gasteiger partial charge in [0, 0.05) is 50.1 Å². The first-order valence-electron chi connectivity index (χ1n) is 9.75. The first-order valence-corrected chi connectivity index (χ1v) is 10.1. The second-order valence-corrected chi connectivity index (χ2v) is 8.00. The highest BCUT2D eigenvalue weighted by Gasteiger charge is 2.39. The van der Waals surface area contributed by atoms with Gasteiger partial charge in [0.25, 0.3) is 11.1 Å². The highest BCUT2D eigenvalue weighted by atomic mass is 35.5. The van der Waals surface area contributed by atoms with Gasteiger partial charge in [-0.05, 0) is 30.3 Å². The van der Waals surface area contributed by atoms with Gasteiger partial charge in [-0.2, -0.15) is 0 Å². The topological polar surface area (TPSA) is 92.2 Å². The predicted molar refractivity (Wildman–Crippen MR) is 114 cm³/mol. The summed E-state index contributed by atoms with van der Waals surface area (Å²) in [6, 6.07) is 10.5. The second-order valence-electron chi connectivity index (χ2n) is 7.56. The number of ether oxygens (including phenoxy) is 1. The van der Waals surface area contributed by atoms with E-state index in [9.17, 15) is 9.59 Å². The van der Waals surface area contributed by atoms with Crippen molar-refractivity contribution in [2.24, 2.45) is 5.92 Å². The number of nitrogens with one attached hydrogen (secondary N) is 2. The van der Waals surface area contributed by atoms with Crippen LogP contribution in [-0.2, 0) is 6.61 Å². The van der Waals surface area contributed by atoms with Gasteiger partial charge in [0.2, 0.25) is 0 Å². The molecule has 2 saturated heterocycles. The number of rotatable bonds is 5. The quantitative estimate of drug-likeness (QED) is 0.644. The molecule has 2 aliphatic heterocycles. The summed E-state index contributed by atoms with van der Waals surface area (Å²) in [5, 5.41) is 3.94. The van der Waals surface area contributed by atoms with Crippen LogP contribution in [-0.4, -0.2) is 40.2 Å². The molecule has 3 aromatic rings. The standard InChI is InChI=1S/C21H20ClN5O3/c22-14-1-2-15(23-9-14)12-30-16-5-6-27(20(28)7-16)18-3-4-19(25-21(18)29)26-10-13-8-24-17(13)11-26/h1-7,9,13,17,24H,8,10-12H2,(H,25,29). The first-order chi connectivity index (χ1) is 14.6. The third-order valence-corrected chi connectivity index (χ3v) is 5.85. The summed E-state index contributed by atoms with van der Waals surface area (Å²) in [6.45, 7) is 3.06. The highest BCUT2D eigenvalue weighted by molar-refractivity contribution is 6.30. The van der Waals surface area contributed by atoms with Gasteiger partial charge in [-0.25, -0.2) is 0 Å². The number of halogens is 1. The van der Waals surface area contributed by atoms with E-state index in [-0.39, 0.29) is 23.4 Å². The normalized spacial score (nSPS) is 20.0. The smallest absolute Gasteiger partial charge is 0.273 e. The zero-order chi connectivity index (χ0) is 20.7. The maximum atomic E-state index is 12.6. The molecule has 9 heteroatoms. The molecule has 30 heavy (non-hydrogen) atoms. The highest BCUT2D eigenvalue weighted by Crippen LogP contribution is 2.26.